The largest absolute Gasteiger partial charge is 0.466 e. The molecule has 0 aliphatic carbocycles. The molecule has 4 nitrogen and oxygen atoms in total. The summed E-state index contributed by atoms with van der Waals surface area (Å²) in [5, 5.41) is 0. The average Bonchev–Trinajstić information content (AvgIpc) is 2.40. The Balaban J connectivity index is 3.43. The fraction of sp³-hybridized carbons (Fsp3) is 0.750. The van der Waals surface area contributed by atoms with Gasteiger partial charge in [-0.15, -0.1) is 6.58 Å². The van der Waals surface area contributed by atoms with Crippen LogP contribution in [0.3, 0.4) is 0 Å². The molecule has 0 rings (SSSR count). The maximum absolute atomic E-state index is 11.4. The van der Waals surface area contributed by atoms with Crippen LogP contribution in [0.1, 0.15) is 65.2 Å². The summed E-state index contributed by atoms with van der Waals surface area (Å²) in [6.07, 6.45) is 6.44. The van der Waals surface area contributed by atoms with Crippen LogP contribution in [-0.4, -0.2) is 25.2 Å². The molecule has 0 spiro atoms. The lowest BCUT2D eigenvalue weighted by atomic mass is 10.2. The third-order valence-corrected chi connectivity index (χ3v) is 2.84. The van der Waals surface area contributed by atoms with E-state index in [0.717, 1.165) is 18.4 Å². The first kappa shape index (κ1) is 18.7. The van der Waals surface area contributed by atoms with E-state index in [9.17, 15) is 9.59 Å². The summed E-state index contributed by atoms with van der Waals surface area (Å²) in [5.74, 6) is -0.677. The van der Waals surface area contributed by atoms with Gasteiger partial charge in [-0.25, -0.2) is 0 Å². The highest BCUT2D eigenvalue weighted by molar-refractivity contribution is 5.77. The lowest BCUT2D eigenvalue weighted by molar-refractivity contribution is -0.150. The van der Waals surface area contributed by atoms with E-state index in [-0.39, 0.29) is 24.8 Å². The minimum atomic E-state index is -0.355. The molecule has 0 atom stereocenters. The van der Waals surface area contributed by atoms with Gasteiger partial charge in [0.25, 0.3) is 0 Å². The number of carbonyl (C=O) groups is 2. The number of rotatable bonds is 12. The highest BCUT2D eigenvalue weighted by Gasteiger charge is 2.08. The molecule has 116 valence electrons. The van der Waals surface area contributed by atoms with Gasteiger partial charge in [-0.05, 0) is 13.3 Å². The van der Waals surface area contributed by atoms with Crippen molar-refractivity contribution in [2.45, 2.75) is 65.2 Å². The molecule has 0 radical (unpaired) electrons. The van der Waals surface area contributed by atoms with Gasteiger partial charge in [0.15, 0.2) is 0 Å². The Labute approximate surface area is 122 Å². The zero-order valence-corrected chi connectivity index (χ0v) is 12.9. The molecule has 0 bridgehead atoms. The summed E-state index contributed by atoms with van der Waals surface area (Å²) < 4.78 is 10.0. The van der Waals surface area contributed by atoms with Crippen LogP contribution in [0.5, 0.6) is 0 Å². The predicted molar refractivity (Wildman–Crippen MR) is 79.3 cm³/mol. The fourth-order valence-electron chi connectivity index (χ4n) is 1.58. The van der Waals surface area contributed by atoms with Gasteiger partial charge in [0.05, 0.1) is 26.1 Å². The lowest BCUT2D eigenvalue weighted by Crippen LogP contribution is -2.11. The van der Waals surface area contributed by atoms with E-state index < -0.39 is 0 Å². The van der Waals surface area contributed by atoms with Gasteiger partial charge in [0.2, 0.25) is 0 Å². The maximum atomic E-state index is 11.4. The van der Waals surface area contributed by atoms with E-state index in [0.29, 0.717) is 19.6 Å². The van der Waals surface area contributed by atoms with Gasteiger partial charge in [0.1, 0.15) is 0 Å². The minimum absolute atomic E-state index is 0.0882. The van der Waals surface area contributed by atoms with Crippen LogP contribution in [-0.2, 0) is 19.1 Å². The van der Waals surface area contributed by atoms with Crippen LogP contribution in [0.2, 0.25) is 0 Å². The molecule has 0 amide bonds. The van der Waals surface area contributed by atoms with Crippen molar-refractivity contribution in [1.82, 2.24) is 0 Å². The third-order valence-electron chi connectivity index (χ3n) is 2.84. The van der Waals surface area contributed by atoms with E-state index in [4.69, 9.17) is 9.47 Å². The van der Waals surface area contributed by atoms with Crippen molar-refractivity contribution in [1.29, 1.82) is 0 Å². The number of ether oxygens (including phenoxy) is 2. The van der Waals surface area contributed by atoms with Crippen molar-refractivity contribution in [3.8, 4) is 0 Å². The number of hydrogen-bond acceptors (Lipinski definition) is 4. The highest BCUT2D eigenvalue weighted by atomic mass is 16.5. The first-order valence-corrected chi connectivity index (χ1v) is 7.52. The molecule has 0 aliphatic heterocycles. The smallest absolute Gasteiger partial charge is 0.306 e. The summed E-state index contributed by atoms with van der Waals surface area (Å²) in [6, 6.07) is 0. The molecule has 0 aromatic carbocycles. The Morgan fingerprint density at radius 2 is 1.40 bits per heavy atom. The summed E-state index contributed by atoms with van der Waals surface area (Å²) in [6.45, 7) is 8.55. The van der Waals surface area contributed by atoms with Crippen LogP contribution in [0.15, 0.2) is 12.2 Å². The monoisotopic (exact) mass is 284 g/mol. The summed E-state index contributed by atoms with van der Waals surface area (Å²) in [5.41, 5.74) is 0.972. The van der Waals surface area contributed by atoms with E-state index in [2.05, 4.69) is 13.5 Å². The molecule has 0 saturated carbocycles. The molecular weight excluding hydrogens is 256 g/mol. The normalized spacial score (nSPS) is 10.1. The maximum Gasteiger partial charge on any atom is 0.306 e. The molecule has 0 heterocycles. The van der Waals surface area contributed by atoms with Crippen LogP contribution in [0.25, 0.3) is 0 Å². The second kappa shape index (κ2) is 12.7. The Hall–Kier alpha value is -1.32. The van der Waals surface area contributed by atoms with Crippen LogP contribution in [0.4, 0.5) is 0 Å². The van der Waals surface area contributed by atoms with Crippen molar-refractivity contribution in [3.63, 3.8) is 0 Å². The van der Waals surface area contributed by atoms with Gasteiger partial charge in [0, 0.05) is 6.42 Å². The standard InChI is InChI=1S/C16H28O4/c1-4-5-6-7-8-12-19-15(17)9-10-16(18)20-13-11-14(2)3/h2,4-13H2,1,3H3. The molecule has 0 aliphatic rings. The zero-order valence-electron chi connectivity index (χ0n) is 12.9. The first-order chi connectivity index (χ1) is 9.56. The van der Waals surface area contributed by atoms with E-state index in [1.165, 1.54) is 19.3 Å². The number of unbranched alkanes of at least 4 members (excludes halogenated alkanes) is 4. The van der Waals surface area contributed by atoms with Gasteiger partial charge < -0.3 is 9.47 Å². The van der Waals surface area contributed by atoms with Crippen molar-refractivity contribution in [3.05, 3.63) is 12.2 Å². The quantitative estimate of drug-likeness (QED) is 0.311. The molecule has 0 N–H and O–H groups in total. The highest BCUT2D eigenvalue weighted by Crippen LogP contribution is 2.04. The van der Waals surface area contributed by atoms with Crippen molar-refractivity contribution in [2.24, 2.45) is 0 Å². The SMILES string of the molecule is C=C(C)CCOC(=O)CCC(=O)OCCCCCCC. The second-order valence-electron chi connectivity index (χ2n) is 5.06. The van der Waals surface area contributed by atoms with E-state index in [1.54, 1.807) is 0 Å². The molecule has 20 heavy (non-hydrogen) atoms. The van der Waals surface area contributed by atoms with Crippen molar-refractivity contribution in [2.75, 3.05) is 13.2 Å². The minimum Gasteiger partial charge on any atom is -0.466 e. The fourth-order valence-corrected chi connectivity index (χ4v) is 1.58. The summed E-state index contributed by atoms with van der Waals surface area (Å²) >= 11 is 0. The van der Waals surface area contributed by atoms with Gasteiger partial charge in [-0.3, -0.25) is 9.59 Å². The summed E-state index contributed by atoms with van der Waals surface area (Å²) in [4.78, 5) is 22.7. The molecule has 0 saturated heterocycles. The second-order valence-corrected chi connectivity index (χ2v) is 5.06. The third kappa shape index (κ3) is 13.1. The number of hydrogen-bond donors (Lipinski definition) is 0. The topological polar surface area (TPSA) is 52.6 Å². The molecule has 0 fully saturated rings. The zero-order chi connectivity index (χ0) is 15.2. The Kier molecular flexibility index (Phi) is 11.9. The van der Waals surface area contributed by atoms with Crippen molar-refractivity contribution >= 4 is 11.9 Å². The van der Waals surface area contributed by atoms with Crippen molar-refractivity contribution < 1.29 is 19.1 Å². The van der Waals surface area contributed by atoms with Crippen LogP contribution < -0.4 is 0 Å². The Morgan fingerprint density at radius 1 is 0.850 bits per heavy atom. The predicted octanol–water partition coefficient (Wildman–Crippen LogP) is 3.79. The molecule has 0 aromatic heterocycles. The molecule has 4 heteroatoms. The number of esters is 2. The van der Waals surface area contributed by atoms with Crippen LogP contribution >= 0.6 is 0 Å². The molecular formula is C16H28O4. The average molecular weight is 284 g/mol. The Morgan fingerprint density at radius 3 is 1.95 bits per heavy atom. The van der Waals surface area contributed by atoms with E-state index in [1.807, 2.05) is 6.92 Å². The lowest BCUT2D eigenvalue weighted by Gasteiger charge is -2.06. The van der Waals surface area contributed by atoms with Gasteiger partial charge in [-0.2, -0.15) is 0 Å². The number of carbonyl (C=O) groups excluding carboxylic acids is 2. The molecule has 0 unspecified atom stereocenters. The Bertz CT molecular complexity index is 297. The molecule has 0 aromatic rings. The van der Waals surface area contributed by atoms with E-state index >= 15 is 0 Å². The van der Waals surface area contributed by atoms with Crippen LogP contribution in [0, 0.1) is 0 Å². The van der Waals surface area contributed by atoms with Gasteiger partial charge >= 0.3 is 11.9 Å². The first-order valence-electron chi connectivity index (χ1n) is 7.52. The summed E-state index contributed by atoms with van der Waals surface area (Å²) in [7, 11) is 0. The van der Waals surface area contributed by atoms with Gasteiger partial charge in [-0.1, -0.05) is 38.2 Å².